The van der Waals surface area contributed by atoms with E-state index in [4.69, 9.17) is 20.0 Å². The molecule has 13 heterocycles. The van der Waals surface area contributed by atoms with Crippen LogP contribution in [0.1, 0.15) is 222 Å². The van der Waals surface area contributed by atoms with Gasteiger partial charge in [0, 0.05) is 45.0 Å². The number of H-pyrrole nitrogens is 4. The van der Waals surface area contributed by atoms with E-state index in [0.29, 0.717) is 0 Å². The predicted octanol–water partition coefficient (Wildman–Crippen LogP) is 30.9. The second-order valence-electron chi connectivity index (χ2n) is 36.5. The van der Waals surface area contributed by atoms with Gasteiger partial charge in [0.1, 0.15) is 0 Å². The lowest BCUT2D eigenvalue weighted by Crippen LogP contribution is -2.07. The van der Waals surface area contributed by atoms with Crippen LogP contribution in [0.3, 0.4) is 0 Å². The maximum absolute atomic E-state index is 6.05. The van der Waals surface area contributed by atoms with Gasteiger partial charge in [0.05, 0.1) is 137 Å². The van der Waals surface area contributed by atoms with Crippen molar-refractivity contribution in [2.24, 2.45) is 20.0 Å². The first-order valence-electron chi connectivity index (χ1n) is 49.5. The van der Waals surface area contributed by atoms with Gasteiger partial charge in [-0.2, -0.15) is 0 Å². The summed E-state index contributed by atoms with van der Waals surface area (Å²) in [5.74, 6) is 0. The standard InChI is InChI=1S/C124H116N12/c1-9-41-85-73-97-105-65-66-106(133(105)93-57-33-21-34-58-93)99-75-87(43-11-3)119(127-99)114(82-51-27-18-28-52-82)120-89(45-13-5)77-101(129-120)109-69-70-110(135(109)95-61-37-23-38-62-95)103-79-91(47-15-7)123(131-103)116(84-55-31-20-32-56-84)124-92(48-16-8)80-104(132-124)112-72-71-111(136(112)96-63-39-24-40-64-96)102-78-90(46-14-6)122(130-102)115(83-53-29-19-30-54-83)121-88(44-12-4)76-100(128-121)108-68-67-107(134(108)94-59-35-22-36-60-94)98-74-86(42-10-2)118(126-98)113(117(85)125-97)81-49-25-17-26-50-81/h17-40,49-80,125,128-129,132H,9-16,41-48H2,1-8H3/b105-97?,106-99?,107-98?,108-100?,109-101?,110-103?,111-102?,112-104?,117-113?,118-113-,119-114-,120-114?,121-115?,122-115-,123-116-,124-116?. The lowest BCUT2D eigenvalue weighted by atomic mass is 9.93. The Balaban J connectivity index is 0.837. The summed E-state index contributed by atoms with van der Waals surface area (Å²) in [6.45, 7) is 18.4. The third-order valence-electron chi connectivity index (χ3n) is 27.1. The van der Waals surface area contributed by atoms with Gasteiger partial charge in [-0.05, 0) is 264 Å². The van der Waals surface area contributed by atoms with E-state index in [1.807, 2.05) is 0 Å². The van der Waals surface area contributed by atoms with Crippen molar-refractivity contribution < 1.29 is 0 Å². The van der Waals surface area contributed by atoms with E-state index in [1.54, 1.807) is 0 Å². The van der Waals surface area contributed by atoms with E-state index in [0.717, 1.165) is 307 Å². The van der Waals surface area contributed by atoms with E-state index in [2.05, 4.69) is 433 Å². The van der Waals surface area contributed by atoms with Crippen LogP contribution in [0.5, 0.6) is 0 Å². The Morgan fingerprint density at radius 1 is 0.199 bits per heavy atom. The molecule has 0 fully saturated rings. The van der Waals surface area contributed by atoms with Gasteiger partial charge in [0.2, 0.25) is 0 Å². The van der Waals surface area contributed by atoms with Crippen LogP contribution in [-0.4, -0.2) is 61.1 Å². The van der Waals surface area contributed by atoms with Gasteiger partial charge in [-0.1, -0.05) is 301 Å². The molecule has 5 aliphatic heterocycles. The summed E-state index contributed by atoms with van der Waals surface area (Å²) in [6.07, 6.45) is 23.7. The van der Waals surface area contributed by atoms with Crippen molar-refractivity contribution in [2.75, 3.05) is 0 Å². The van der Waals surface area contributed by atoms with Crippen LogP contribution in [0.15, 0.2) is 405 Å². The molecule has 0 saturated carbocycles. The van der Waals surface area contributed by atoms with Crippen molar-refractivity contribution in [2.45, 2.75) is 158 Å². The molecule has 0 amide bonds. The Bertz CT molecular complexity index is 6670. The number of aryl methyl sites for hydroxylation is 4. The molecule has 672 valence electrons. The minimum Gasteiger partial charge on any atom is -0.353 e. The summed E-state index contributed by atoms with van der Waals surface area (Å²) in [4.78, 5) is 41.2. The van der Waals surface area contributed by atoms with Gasteiger partial charge in [-0.15, -0.1) is 0 Å². The highest BCUT2D eigenvalue weighted by Crippen LogP contribution is 2.49. The summed E-state index contributed by atoms with van der Waals surface area (Å²) >= 11 is 0. The molecular weight excluding hydrogens is 1660 g/mol. The van der Waals surface area contributed by atoms with Crippen molar-refractivity contribution in [3.8, 4) is 68.3 Å². The number of nitrogens with one attached hydrogen (secondary N) is 4. The van der Waals surface area contributed by atoms with Crippen LogP contribution in [0.2, 0.25) is 0 Å². The minimum absolute atomic E-state index is 0.826. The number of aromatic nitrogens is 8. The monoisotopic (exact) mass is 1770 g/mol. The van der Waals surface area contributed by atoms with Crippen molar-refractivity contribution in [3.63, 3.8) is 0 Å². The Labute approximate surface area is 799 Å². The zero-order valence-corrected chi connectivity index (χ0v) is 79.2. The highest BCUT2D eigenvalue weighted by molar-refractivity contribution is 6.17. The number of hydrogen-bond acceptors (Lipinski definition) is 4. The molecule has 24 bridgehead atoms. The number of benzene rings is 8. The number of aliphatic imine (C=N–C) groups is 4. The first kappa shape index (κ1) is 87.3. The molecule has 16 aromatic rings. The molecule has 0 spiro atoms. The fraction of sp³-hybridized carbons (Fsp3) is 0.194. The first-order chi connectivity index (χ1) is 67.1. The summed E-state index contributed by atoms with van der Waals surface area (Å²) in [7, 11) is 0. The van der Waals surface area contributed by atoms with E-state index in [9.17, 15) is 0 Å². The molecular formula is C124H116N12. The normalized spacial score (nSPS) is 16.4. The molecule has 4 N–H and O–H groups in total. The zero-order chi connectivity index (χ0) is 92.3. The Morgan fingerprint density at radius 2 is 0.375 bits per heavy atom. The average Bonchev–Trinajstić information content (AvgIpc) is 1.59. The third-order valence-corrected chi connectivity index (χ3v) is 27.1. The number of hydrogen-bond donors (Lipinski definition) is 4. The summed E-state index contributed by atoms with van der Waals surface area (Å²) < 4.78 is 9.74. The number of aromatic amines is 4. The highest BCUT2D eigenvalue weighted by Gasteiger charge is 2.35. The topological polar surface area (TPSA) is 132 Å². The molecule has 5 aliphatic rings. The van der Waals surface area contributed by atoms with E-state index >= 15 is 0 Å². The summed E-state index contributed by atoms with van der Waals surface area (Å²) in [5, 5.41) is 0. The SMILES string of the molecule is CCCC1=CC2=N/C1=C(/c1ccccc1)c1[nH]c(cc1CCC)-c1ccc(n1-c1ccccc1)C1=N/C(=C(/c3ccccc3)c3[nH]c(cc3CCC)-c3ccc(n3-c3ccccc3)C3=N/C(=C(/c4ccccc4)c4[nH]c(cc4CCC)-c4ccc(n4-c4ccccc4)C4=N/C(=C(/c5ccccc5)c5[nH]c(cc5CCC)-c5ccc2n5-c2ccccc2)C(CCC)=C4)C(CCC)=C3)C(CCC)=C1. The lowest BCUT2D eigenvalue weighted by Gasteiger charge is -2.15. The van der Waals surface area contributed by atoms with Gasteiger partial charge in [0.25, 0.3) is 0 Å². The average molecular weight is 1770 g/mol. The van der Waals surface area contributed by atoms with Gasteiger partial charge >= 0.3 is 0 Å². The smallest absolute Gasteiger partial charge is 0.0881 e. The lowest BCUT2D eigenvalue weighted by molar-refractivity contribution is 0.910. The van der Waals surface area contributed by atoms with Gasteiger partial charge < -0.3 is 38.2 Å². The van der Waals surface area contributed by atoms with Crippen molar-refractivity contribution >= 4 is 45.1 Å². The third kappa shape index (κ3) is 16.4. The van der Waals surface area contributed by atoms with E-state index in [-0.39, 0.29) is 0 Å². The maximum Gasteiger partial charge on any atom is 0.0881 e. The molecule has 8 aromatic carbocycles. The summed E-state index contributed by atoms with van der Waals surface area (Å²) in [5.41, 5.74) is 46.6. The number of rotatable bonds is 24. The zero-order valence-electron chi connectivity index (χ0n) is 79.2. The number of para-hydroxylation sites is 4. The quantitative estimate of drug-likeness (QED) is 0.0459. The predicted molar refractivity (Wildman–Crippen MR) is 566 cm³/mol. The van der Waals surface area contributed by atoms with Crippen LogP contribution in [0.25, 0.3) is 90.6 Å². The van der Waals surface area contributed by atoms with Crippen LogP contribution in [-0.2, 0) is 25.7 Å². The molecule has 0 saturated heterocycles. The van der Waals surface area contributed by atoms with Gasteiger partial charge in [-0.25, -0.2) is 20.0 Å². The number of nitrogens with zero attached hydrogens (tertiary/aromatic N) is 8. The Kier molecular flexibility index (Phi) is 24.8. The minimum atomic E-state index is 0.826. The van der Waals surface area contributed by atoms with E-state index < -0.39 is 0 Å². The molecule has 0 aliphatic carbocycles. The molecule has 12 nitrogen and oxygen atoms in total. The fourth-order valence-corrected chi connectivity index (χ4v) is 21.2. The molecule has 0 unspecified atom stereocenters. The fourth-order valence-electron chi connectivity index (χ4n) is 21.2. The molecule has 8 aromatic heterocycles. The molecule has 21 rings (SSSR count). The molecule has 0 atom stereocenters. The van der Waals surface area contributed by atoms with Crippen LogP contribution < -0.4 is 0 Å². The first-order valence-corrected chi connectivity index (χ1v) is 49.5. The second-order valence-corrected chi connectivity index (χ2v) is 36.5. The largest absolute Gasteiger partial charge is 0.353 e. The Morgan fingerprint density at radius 3 is 0.559 bits per heavy atom. The number of fused-ring (bicyclic) bond motifs is 28. The molecule has 0 radical (unpaired) electrons. The van der Waals surface area contributed by atoms with Crippen LogP contribution in [0.4, 0.5) is 0 Å². The van der Waals surface area contributed by atoms with Crippen LogP contribution >= 0.6 is 0 Å². The van der Waals surface area contributed by atoms with Gasteiger partial charge in [-0.3, -0.25) is 0 Å². The van der Waals surface area contributed by atoms with Crippen molar-refractivity contribution in [1.29, 1.82) is 0 Å². The molecule has 136 heavy (non-hydrogen) atoms. The summed E-state index contributed by atoms with van der Waals surface area (Å²) in [6, 6.07) is 116. The van der Waals surface area contributed by atoms with Crippen molar-refractivity contribution in [1.82, 2.24) is 38.2 Å². The van der Waals surface area contributed by atoms with E-state index in [1.165, 1.54) is 44.5 Å². The maximum atomic E-state index is 6.05. The second kappa shape index (κ2) is 38.7. The molecule has 12 heteroatoms. The van der Waals surface area contributed by atoms with Gasteiger partial charge in [0.15, 0.2) is 0 Å². The highest BCUT2D eigenvalue weighted by atomic mass is 15.1. The number of allylic oxidation sites excluding steroid dienone is 8. The van der Waals surface area contributed by atoms with Crippen LogP contribution in [0, 0.1) is 0 Å². The van der Waals surface area contributed by atoms with Crippen molar-refractivity contribution in [3.05, 3.63) is 475 Å². The Hall–Kier alpha value is -15.4.